The van der Waals surface area contributed by atoms with Crippen LogP contribution in [-0.2, 0) is 11.3 Å². The summed E-state index contributed by atoms with van der Waals surface area (Å²) in [5.41, 5.74) is 0. The van der Waals surface area contributed by atoms with Crippen LogP contribution in [0.15, 0.2) is 0 Å². The van der Waals surface area contributed by atoms with Gasteiger partial charge in [0.15, 0.2) is 0 Å². The Morgan fingerprint density at radius 3 is 2.58 bits per heavy atom. The first-order chi connectivity index (χ1) is 5.74. The van der Waals surface area contributed by atoms with Crippen molar-refractivity contribution in [3.05, 3.63) is 0 Å². The van der Waals surface area contributed by atoms with Crippen molar-refractivity contribution < 1.29 is 8.76 Å². The van der Waals surface area contributed by atoms with E-state index in [1.165, 1.54) is 4.31 Å². The summed E-state index contributed by atoms with van der Waals surface area (Å²) < 4.78 is 22.5. The fraction of sp³-hybridized carbons (Fsp3) is 1.00. The Balaban J connectivity index is 2.25. The summed E-state index contributed by atoms with van der Waals surface area (Å²) in [6, 6.07) is 0.509. The average Bonchev–Trinajstić information content (AvgIpc) is 2.06. The second-order valence-electron chi connectivity index (χ2n) is 2.98. The number of hydrogen-bond acceptors (Lipinski definition) is 3. The van der Waals surface area contributed by atoms with E-state index in [0.29, 0.717) is 19.1 Å². The zero-order valence-corrected chi connectivity index (χ0v) is 8.10. The van der Waals surface area contributed by atoms with Crippen molar-refractivity contribution >= 4 is 11.3 Å². The predicted octanol–water partition coefficient (Wildman–Crippen LogP) is -0.146. The van der Waals surface area contributed by atoms with Crippen LogP contribution in [0.3, 0.4) is 0 Å². The second-order valence-corrected chi connectivity index (χ2v) is 3.93. The number of nitrogens with one attached hydrogen (secondary N) is 1. The molecule has 72 valence electrons. The molecule has 0 aromatic rings. The molecule has 0 spiro atoms. The van der Waals surface area contributed by atoms with Crippen molar-refractivity contribution in [3.63, 3.8) is 0 Å². The first-order valence-corrected chi connectivity index (χ1v) is 5.35. The monoisotopic (exact) mass is 191 g/mol. The third kappa shape index (κ3) is 2.82. The van der Waals surface area contributed by atoms with Crippen molar-refractivity contribution in [1.82, 2.24) is 9.62 Å². The first kappa shape index (κ1) is 10.1. The third-order valence-corrected chi connectivity index (χ3v) is 2.94. The molecule has 1 saturated heterocycles. The smallest absolute Gasteiger partial charge is 0.0209 e. The van der Waals surface area contributed by atoms with Gasteiger partial charge in [0.1, 0.15) is 0 Å². The molecule has 4 nitrogen and oxygen atoms in total. The zero-order chi connectivity index (χ0) is 8.97. The molecule has 1 rings (SSSR count). The summed E-state index contributed by atoms with van der Waals surface area (Å²) in [6.45, 7) is 4.35. The minimum Gasteiger partial charge on any atom is -0.760 e. The lowest BCUT2D eigenvalue weighted by molar-refractivity contribution is 0.285. The summed E-state index contributed by atoms with van der Waals surface area (Å²) >= 11 is -2.02. The molecule has 0 radical (unpaired) electrons. The van der Waals surface area contributed by atoms with Gasteiger partial charge < -0.3 is 9.87 Å². The molecule has 0 amide bonds. The lowest BCUT2D eigenvalue weighted by atomic mass is 10.1. The van der Waals surface area contributed by atoms with Gasteiger partial charge in [0.25, 0.3) is 0 Å². The van der Waals surface area contributed by atoms with E-state index in [1.54, 1.807) is 0 Å². The van der Waals surface area contributed by atoms with E-state index in [4.69, 9.17) is 0 Å². The van der Waals surface area contributed by atoms with E-state index in [1.807, 2.05) is 0 Å². The Morgan fingerprint density at radius 1 is 1.58 bits per heavy atom. The summed E-state index contributed by atoms with van der Waals surface area (Å²) in [6.07, 6.45) is 1.86. The lowest BCUT2D eigenvalue weighted by Crippen LogP contribution is -2.42. The third-order valence-electron chi connectivity index (χ3n) is 2.16. The van der Waals surface area contributed by atoms with Crippen LogP contribution in [0.2, 0.25) is 0 Å². The Bertz CT molecular complexity index is 157. The molecule has 0 aromatic carbocycles. The molecule has 1 fully saturated rings. The highest BCUT2D eigenvalue weighted by molar-refractivity contribution is 7.76. The van der Waals surface area contributed by atoms with Gasteiger partial charge in [0, 0.05) is 30.4 Å². The molecule has 1 heterocycles. The summed E-state index contributed by atoms with van der Waals surface area (Å²) in [4.78, 5) is 0. The molecular weight excluding hydrogens is 176 g/mol. The second kappa shape index (κ2) is 4.91. The van der Waals surface area contributed by atoms with Crippen LogP contribution in [0.1, 0.15) is 19.8 Å². The molecule has 0 bridgehead atoms. The highest BCUT2D eigenvalue weighted by Crippen LogP contribution is 2.10. The fourth-order valence-electron chi connectivity index (χ4n) is 1.50. The van der Waals surface area contributed by atoms with Crippen molar-refractivity contribution in [1.29, 1.82) is 0 Å². The minimum absolute atomic E-state index is 0.509. The maximum Gasteiger partial charge on any atom is 0.0209 e. The van der Waals surface area contributed by atoms with E-state index in [-0.39, 0.29) is 0 Å². The Hall–Kier alpha value is 0.0300. The molecule has 1 aliphatic heterocycles. The normalized spacial score (nSPS) is 24.2. The van der Waals surface area contributed by atoms with Gasteiger partial charge in [-0.25, -0.2) is 4.31 Å². The quantitative estimate of drug-likeness (QED) is 0.631. The van der Waals surface area contributed by atoms with Crippen LogP contribution < -0.4 is 5.32 Å². The van der Waals surface area contributed by atoms with Gasteiger partial charge in [-0.3, -0.25) is 4.21 Å². The van der Waals surface area contributed by atoms with Crippen LogP contribution >= 0.6 is 0 Å². The van der Waals surface area contributed by atoms with E-state index in [2.05, 4.69) is 12.2 Å². The van der Waals surface area contributed by atoms with Gasteiger partial charge in [-0.1, -0.05) is 6.92 Å². The van der Waals surface area contributed by atoms with Crippen molar-refractivity contribution in [2.45, 2.75) is 25.8 Å². The Kier molecular flexibility index (Phi) is 4.14. The number of hydrogen-bond donors (Lipinski definition) is 1. The van der Waals surface area contributed by atoms with E-state index < -0.39 is 11.3 Å². The largest absolute Gasteiger partial charge is 0.760 e. The Morgan fingerprint density at radius 2 is 2.17 bits per heavy atom. The molecule has 0 saturated carbocycles. The van der Waals surface area contributed by atoms with Crippen molar-refractivity contribution in [2.24, 2.45) is 0 Å². The van der Waals surface area contributed by atoms with Crippen LogP contribution in [0, 0.1) is 0 Å². The molecule has 5 heteroatoms. The maximum absolute atomic E-state index is 10.5. The fourth-order valence-corrected chi connectivity index (χ4v) is 2.01. The van der Waals surface area contributed by atoms with Crippen molar-refractivity contribution in [2.75, 3.05) is 19.6 Å². The SMILES string of the molecule is CCNC1CCN(S(=O)[O-])CC1. The number of rotatable bonds is 3. The molecule has 1 N–H and O–H groups in total. The van der Waals surface area contributed by atoms with Gasteiger partial charge in [0.2, 0.25) is 0 Å². The molecule has 0 aliphatic carbocycles. The predicted molar refractivity (Wildman–Crippen MR) is 47.2 cm³/mol. The lowest BCUT2D eigenvalue weighted by Gasteiger charge is -2.32. The number of nitrogens with zero attached hydrogens (tertiary/aromatic N) is 1. The molecular formula is C7H15N2O2S-. The van der Waals surface area contributed by atoms with Crippen LogP contribution in [-0.4, -0.2) is 38.7 Å². The topological polar surface area (TPSA) is 55.4 Å². The van der Waals surface area contributed by atoms with Crippen molar-refractivity contribution in [3.8, 4) is 0 Å². The van der Waals surface area contributed by atoms with Crippen LogP contribution in [0.5, 0.6) is 0 Å². The molecule has 0 aromatic heterocycles. The maximum atomic E-state index is 10.5. The van der Waals surface area contributed by atoms with Gasteiger partial charge in [-0.15, -0.1) is 0 Å². The minimum atomic E-state index is -2.02. The molecule has 1 unspecified atom stereocenters. The summed E-state index contributed by atoms with van der Waals surface area (Å²) in [5.74, 6) is 0. The summed E-state index contributed by atoms with van der Waals surface area (Å²) in [5, 5.41) is 3.32. The van der Waals surface area contributed by atoms with Crippen LogP contribution in [0.25, 0.3) is 0 Å². The van der Waals surface area contributed by atoms with Gasteiger partial charge >= 0.3 is 0 Å². The standard InChI is InChI=1S/C7H16N2O2S/c1-2-8-7-3-5-9(6-4-7)12(10)11/h7-8H,2-6H2,1H3,(H,10,11)/p-1. The van der Waals surface area contributed by atoms with Gasteiger partial charge in [0.05, 0.1) is 0 Å². The van der Waals surface area contributed by atoms with Gasteiger partial charge in [-0.05, 0) is 19.4 Å². The molecule has 1 atom stereocenters. The molecule has 1 aliphatic rings. The highest BCUT2D eigenvalue weighted by atomic mass is 32.2. The summed E-state index contributed by atoms with van der Waals surface area (Å²) in [7, 11) is 0. The number of piperidine rings is 1. The van der Waals surface area contributed by atoms with Gasteiger partial charge in [-0.2, -0.15) is 0 Å². The van der Waals surface area contributed by atoms with E-state index >= 15 is 0 Å². The van der Waals surface area contributed by atoms with Crippen LogP contribution in [0.4, 0.5) is 0 Å². The Labute approximate surface area is 75.7 Å². The molecule has 12 heavy (non-hydrogen) atoms. The highest BCUT2D eigenvalue weighted by Gasteiger charge is 2.17. The average molecular weight is 191 g/mol. The first-order valence-electron chi connectivity index (χ1n) is 4.31. The zero-order valence-electron chi connectivity index (χ0n) is 7.28. The van der Waals surface area contributed by atoms with E-state index in [9.17, 15) is 8.76 Å². The van der Waals surface area contributed by atoms with E-state index in [0.717, 1.165) is 19.4 Å².